The minimum Gasteiger partial charge on any atom is -0.478 e. The van der Waals surface area contributed by atoms with Crippen LogP contribution in [0.2, 0.25) is 0 Å². The highest BCUT2D eigenvalue weighted by Gasteiger charge is 2.31. The third-order valence-corrected chi connectivity index (χ3v) is 3.57. The first-order valence-corrected chi connectivity index (χ1v) is 6.79. The molecule has 0 radical (unpaired) electrons. The summed E-state index contributed by atoms with van der Waals surface area (Å²) in [5.41, 5.74) is 0.942. The number of carboxylic acids is 1. The normalized spacial score (nSPS) is 18.1. The van der Waals surface area contributed by atoms with Crippen LogP contribution in [0.4, 0.5) is 5.82 Å². The number of carbonyl (C=O) groups excluding carboxylic acids is 1. The Hall–Kier alpha value is -2.11. The van der Waals surface area contributed by atoms with Crippen molar-refractivity contribution < 1.29 is 14.7 Å². The predicted molar refractivity (Wildman–Crippen MR) is 75.0 cm³/mol. The van der Waals surface area contributed by atoms with Crippen LogP contribution in [0.25, 0.3) is 0 Å². The van der Waals surface area contributed by atoms with Gasteiger partial charge in [-0.15, -0.1) is 0 Å². The molecule has 1 aliphatic heterocycles. The first-order valence-electron chi connectivity index (χ1n) is 6.79. The zero-order valence-corrected chi connectivity index (χ0v) is 11.7. The minimum absolute atomic E-state index is 0.0527. The summed E-state index contributed by atoms with van der Waals surface area (Å²) >= 11 is 0. The largest absolute Gasteiger partial charge is 0.478 e. The van der Waals surface area contributed by atoms with E-state index in [0.717, 1.165) is 25.1 Å². The Bertz CT molecular complexity index is 530. The SMILES string of the molecule is CCc1cc(C(=O)O)cc(N2CCCC2C(=O)NC)n1. The molecule has 1 amide bonds. The number of anilines is 1. The Morgan fingerprint density at radius 3 is 2.85 bits per heavy atom. The fraction of sp³-hybridized carbons (Fsp3) is 0.500. The molecule has 1 aromatic heterocycles. The topological polar surface area (TPSA) is 82.5 Å². The molecule has 20 heavy (non-hydrogen) atoms. The summed E-state index contributed by atoms with van der Waals surface area (Å²) < 4.78 is 0. The summed E-state index contributed by atoms with van der Waals surface area (Å²) in [7, 11) is 1.61. The van der Waals surface area contributed by atoms with Crippen molar-refractivity contribution in [3.63, 3.8) is 0 Å². The van der Waals surface area contributed by atoms with Gasteiger partial charge in [-0.3, -0.25) is 4.79 Å². The lowest BCUT2D eigenvalue weighted by Gasteiger charge is -2.25. The number of carbonyl (C=O) groups is 2. The molecule has 0 bridgehead atoms. The van der Waals surface area contributed by atoms with Crippen LogP contribution < -0.4 is 10.2 Å². The highest BCUT2D eigenvalue weighted by atomic mass is 16.4. The van der Waals surface area contributed by atoms with Gasteiger partial charge >= 0.3 is 5.97 Å². The quantitative estimate of drug-likeness (QED) is 0.860. The van der Waals surface area contributed by atoms with E-state index in [2.05, 4.69) is 10.3 Å². The number of aryl methyl sites for hydroxylation is 1. The summed E-state index contributed by atoms with van der Waals surface area (Å²) in [5.74, 6) is -0.449. The zero-order chi connectivity index (χ0) is 14.7. The van der Waals surface area contributed by atoms with E-state index in [-0.39, 0.29) is 17.5 Å². The van der Waals surface area contributed by atoms with Crippen molar-refractivity contribution in [3.05, 3.63) is 23.4 Å². The number of nitrogens with one attached hydrogen (secondary N) is 1. The third kappa shape index (κ3) is 2.74. The van der Waals surface area contributed by atoms with Gasteiger partial charge in [-0.2, -0.15) is 0 Å². The van der Waals surface area contributed by atoms with Gasteiger partial charge in [0, 0.05) is 19.3 Å². The van der Waals surface area contributed by atoms with Crippen LogP contribution in [0.15, 0.2) is 12.1 Å². The lowest BCUT2D eigenvalue weighted by Crippen LogP contribution is -2.42. The molecule has 1 aromatic rings. The van der Waals surface area contributed by atoms with Crippen LogP contribution >= 0.6 is 0 Å². The molecule has 6 nitrogen and oxygen atoms in total. The van der Waals surface area contributed by atoms with E-state index in [9.17, 15) is 9.59 Å². The lowest BCUT2D eigenvalue weighted by molar-refractivity contribution is -0.121. The molecule has 0 aromatic carbocycles. The van der Waals surface area contributed by atoms with Gasteiger partial charge in [0.2, 0.25) is 5.91 Å². The predicted octanol–water partition coefficient (Wildman–Crippen LogP) is 1.06. The van der Waals surface area contributed by atoms with E-state index < -0.39 is 5.97 Å². The molecule has 2 N–H and O–H groups in total. The Morgan fingerprint density at radius 1 is 1.50 bits per heavy atom. The summed E-state index contributed by atoms with van der Waals surface area (Å²) in [6, 6.07) is 2.86. The monoisotopic (exact) mass is 277 g/mol. The van der Waals surface area contributed by atoms with E-state index in [0.29, 0.717) is 12.2 Å². The van der Waals surface area contributed by atoms with Gasteiger partial charge < -0.3 is 15.3 Å². The first-order chi connectivity index (χ1) is 9.56. The van der Waals surface area contributed by atoms with Crippen LogP contribution in [0.3, 0.4) is 0 Å². The van der Waals surface area contributed by atoms with Crippen LogP contribution in [0.5, 0.6) is 0 Å². The Kier molecular flexibility index (Phi) is 4.22. The van der Waals surface area contributed by atoms with Crippen LogP contribution in [0, 0.1) is 0 Å². The Balaban J connectivity index is 2.38. The fourth-order valence-electron chi connectivity index (χ4n) is 2.50. The number of pyridine rings is 1. The van der Waals surface area contributed by atoms with E-state index in [1.807, 2.05) is 11.8 Å². The molecule has 6 heteroatoms. The number of hydrogen-bond donors (Lipinski definition) is 2. The number of amides is 1. The molecule has 108 valence electrons. The number of likely N-dealkylation sites (N-methyl/N-ethyl adjacent to an activating group) is 1. The van der Waals surface area contributed by atoms with E-state index in [4.69, 9.17) is 5.11 Å². The van der Waals surface area contributed by atoms with Crippen molar-refractivity contribution in [1.29, 1.82) is 0 Å². The molecule has 1 aliphatic rings. The minimum atomic E-state index is -0.973. The van der Waals surface area contributed by atoms with Crippen LogP contribution in [-0.4, -0.2) is 41.6 Å². The molecule has 0 spiro atoms. The van der Waals surface area contributed by atoms with Crippen molar-refractivity contribution in [2.75, 3.05) is 18.5 Å². The number of aromatic carboxylic acids is 1. The average Bonchev–Trinajstić information content (AvgIpc) is 2.95. The second-order valence-corrected chi connectivity index (χ2v) is 4.83. The third-order valence-electron chi connectivity index (χ3n) is 3.57. The Morgan fingerprint density at radius 2 is 2.25 bits per heavy atom. The molecule has 1 fully saturated rings. The number of nitrogens with zero attached hydrogens (tertiary/aromatic N) is 2. The maximum atomic E-state index is 11.9. The van der Waals surface area contributed by atoms with Gasteiger partial charge in [-0.25, -0.2) is 9.78 Å². The Labute approximate surface area is 117 Å². The van der Waals surface area contributed by atoms with E-state index in [1.54, 1.807) is 19.2 Å². The molecule has 0 saturated carbocycles. The summed E-state index contributed by atoms with van der Waals surface area (Å²) in [4.78, 5) is 29.4. The molecular weight excluding hydrogens is 258 g/mol. The highest BCUT2D eigenvalue weighted by Crippen LogP contribution is 2.25. The smallest absolute Gasteiger partial charge is 0.335 e. The van der Waals surface area contributed by atoms with Crippen LogP contribution in [-0.2, 0) is 11.2 Å². The number of rotatable bonds is 4. The van der Waals surface area contributed by atoms with E-state index in [1.165, 1.54) is 0 Å². The summed E-state index contributed by atoms with van der Waals surface area (Å²) in [6.07, 6.45) is 2.32. The van der Waals surface area contributed by atoms with Crippen molar-refractivity contribution in [3.8, 4) is 0 Å². The number of aromatic nitrogens is 1. The van der Waals surface area contributed by atoms with Gasteiger partial charge in [0.25, 0.3) is 0 Å². The fourth-order valence-corrected chi connectivity index (χ4v) is 2.50. The maximum absolute atomic E-state index is 11.9. The molecule has 1 saturated heterocycles. The number of carboxylic acid groups (broad SMARTS) is 1. The molecule has 2 rings (SSSR count). The molecule has 2 heterocycles. The molecule has 1 atom stereocenters. The number of hydrogen-bond acceptors (Lipinski definition) is 4. The van der Waals surface area contributed by atoms with Crippen molar-refractivity contribution in [2.45, 2.75) is 32.2 Å². The standard InChI is InChI=1S/C14H19N3O3/c1-3-10-7-9(14(19)20)8-12(16-10)17-6-4-5-11(17)13(18)15-2/h7-8,11H,3-6H2,1-2H3,(H,15,18)(H,19,20). The zero-order valence-electron chi connectivity index (χ0n) is 11.7. The van der Waals surface area contributed by atoms with Crippen molar-refractivity contribution >= 4 is 17.7 Å². The highest BCUT2D eigenvalue weighted by molar-refractivity contribution is 5.89. The van der Waals surface area contributed by atoms with Gasteiger partial charge in [0.15, 0.2) is 0 Å². The second-order valence-electron chi connectivity index (χ2n) is 4.83. The van der Waals surface area contributed by atoms with Gasteiger partial charge in [0.1, 0.15) is 11.9 Å². The average molecular weight is 277 g/mol. The van der Waals surface area contributed by atoms with Gasteiger partial charge in [-0.05, 0) is 31.4 Å². The van der Waals surface area contributed by atoms with Crippen molar-refractivity contribution in [2.24, 2.45) is 0 Å². The van der Waals surface area contributed by atoms with Gasteiger partial charge in [0.05, 0.1) is 5.56 Å². The van der Waals surface area contributed by atoms with Crippen molar-refractivity contribution in [1.82, 2.24) is 10.3 Å². The van der Waals surface area contributed by atoms with E-state index >= 15 is 0 Å². The van der Waals surface area contributed by atoms with Crippen LogP contribution in [0.1, 0.15) is 35.8 Å². The maximum Gasteiger partial charge on any atom is 0.335 e. The van der Waals surface area contributed by atoms with Gasteiger partial charge in [-0.1, -0.05) is 6.92 Å². The summed E-state index contributed by atoms with van der Waals surface area (Å²) in [6.45, 7) is 2.65. The summed E-state index contributed by atoms with van der Waals surface area (Å²) in [5, 5.41) is 11.8. The molecule has 1 unspecified atom stereocenters. The molecule has 0 aliphatic carbocycles. The first kappa shape index (κ1) is 14.3. The second kappa shape index (κ2) is 5.90. The lowest BCUT2D eigenvalue weighted by atomic mass is 10.1. The molecular formula is C14H19N3O3.